The zero-order valence-corrected chi connectivity index (χ0v) is 18.7. The van der Waals surface area contributed by atoms with Crippen LogP contribution < -0.4 is 0 Å². The van der Waals surface area contributed by atoms with E-state index in [4.69, 9.17) is 4.74 Å². The van der Waals surface area contributed by atoms with Gasteiger partial charge in [0, 0.05) is 20.0 Å². The molecule has 0 radical (unpaired) electrons. The molecule has 5 nitrogen and oxygen atoms in total. The second kappa shape index (κ2) is 11.9. The molecule has 0 saturated heterocycles. The Balaban J connectivity index is 1.77. The van der Waals surface area contributed by atoms with Crippen LogP contribution in [-0.2, 0) is 9.53 Å². The number of rotatable bonds is 12. The van der Waals surface area contributed by atoms with Crippen LogP contribution in [-0.4, -0.2) is 60.5 Å². The molecule has 0 unspecified atom stereocenters. The minimum atomic E-state index is -0.431. The van der Waals surface area contributed by atoms with Crippen molar-refractivity contribution in [2.45, 2.75) is 71.0 Å². The number of allylic oxidation sites excluding steroid dienone is 1. The third-order valence-corrected chi connectivity index (χ3v) is 6.45. The van der Waals surface area contributed by atoms with Crippen LogP contribution in [0, 0.1) is 23.7 Å². The van der Waals surface area contributed by atoms with Crippen LogP contribution in [0.15, 0.2) is 23.8 Å². The van der Waals surface area contributed by atoms with Gasteiger partial charge >= 0.3 is 0 Å². The lowest BCUT2D eigenvalue weighted by atomic mass is 9.88. The summed E-state index contributed by atoms with van der Waals surface area (Å²) in [5.41, 5.74) is 1.27. The van der Waals surface area contributed by atoms with Gasteiger partial charge in [-0.3, -0.25) is 4.79 Å². The first kappa shape index (κ1) is 24.1. The fraction of sp³-hybridized carbons (Fsp3) is 0.792. The summed E-state index contributed by atoms with van der Waals surface area (Å²) in [7, 11) is 3.51. The van der Waals surface area contributed by atoms with Crippen LogP contribution in [0.5, 0.6) is 0 Å². The number of unbranched alkanes of at least 4 members (excludes halogenated alkanes) is 1. The van der Waals surface area contributed by atoms with Gasteiger partial charge in [0.1, 0.15) is 0 Å². The van der Waals surface area contributed by atoms with E-state index in [9.17, 15) is 15.0 Å². The number of carbonyl (C=O) groups is 1. The zero-order valence-electron chi connectivity index (χ0n) is 18.7. The highest BCUT2D eigenvalue weighted by Gasteiger charge is 2.43. The van der Waals surface area contributed by atoms with E-state index in [1.807, 2.05) is 6.08 Å². The maximum Gasteiger partial charge on any atom is 0.224 e. The highest BCUT2D eigenvalue weighted by atomic mass is 16.5. The summed E-state index contributed by atoms with van der Waals surface area (Å²) < 4.78 is 5.70. The van der Waals surface area contributed by atoms with E-state index in [1.54, 1.807) is 19.0 Å². The number of hydrogen-bond acceptors (Lipinski definition) is 4. The maximum absolute atomic E-state index is 11.6. The third kappa shape index (κ3) is 7.54. The van der Waals surface area contributed by atoms with Crippen LogP contribution in [0.2, 0.25) is 0 Å². The highest BCUT2D eigenvalue weighted by Crippen LogP contribution is 2.47. The summed E-state index contributed by atoms with van der Waals surface area (Å²) in [5.74, 6) is 1.49. The Hall–Kier alpha value is -1.17. The largest absolute Gasteiger partial charge is 0.392 e. The number of amides is 1. The van der Waals surface area contributed by atoms with Gasteiger partial charge < -0.3 is 19.8 Å². The minimum Gasteiger partial charge on any atom is -0.392 e. The SMILES string of the molecule is CCCC[C@H](C)C[C@H](O)C=C[C@@H]1[C@H]2CC(COCCC(=O)N(C)C)=C[C@H]2C[C@H]1O. The van der Waals surface area contributed by atoms with E-state index >= 15 is 0 Å². The first-order valence-corrected chi connectivity index (χ1v) is 11.3. The predicted molar refractivity (Wildman–Crippen MR) is 116 cm³/mol. The van der Waals surface area contributed by atoms with Crippen molar-refractivity contribution in [2.75, 3.05) is 27.3 Å². The fourth-order valence-corrected chi connectivity index (χ4v) is 4.72. The molecule has 2 aliphatic carbocycles. The molecule has 166 valence electrons. The molecule has 1 fully saturated rings. The van der Waals surface area contributed by atoms with Crippen molar-refractivity contribution in [1.82, 2.24) is 4.90 Å². The quantitative estimate of drug-likeness (QED) is 0.383. The average Bonchev–Trinajstić information content (AvgIpc) is 3.17. The highest BCUT2D eigenvalue weighted by molar-refractivity contribution is 5.75. The molecule has 29 heavy (non-hydrogen) atoms. The van der Waals surface area contributed by atoms with Gasteiger partial charge in [-0.15, -0.1) is 0 Å². The van der Waals surface area contributed by atoms with Gasteiger partial charge in [0.15, 0.2) is 0 Å². The number of ether oxygens (including phenoxy) is 1. The molecule has 6 atom stereocenters. The Labute approximate surface area is 176 Å². The normalized spacial score (nSPS) is 28.4. The Bertz CT molecular complexity index is 571. The number of aliphatic hydroxyl groups is 2. The topological polar surface area (TPSA) is 70.0 Å². The lowest BCUT2D eigenvalue weighted by Gasteiger charge is -2.19. The van der Waals surface area contributed by atoms with Crippen LogP contribution in [0.1, 0.15) is 58.8 Å². The first-order chi connectivity index (χ1) is 13.8. The van der Waals surface area contributed by atoms with Crippen molar-refractivity contribution in [3.05, 3.63) is 23.8 Å². The van der Waals surface area contributed by atoms with Gasteiger partial charge in [0.2, 0.25) is 5.91 Å². The number of aliphatic hydroxyl groups excluding tert-OH is 2. The van der Waals surface area contributed by atoms with E-state index in [-0.39, 0.29) is 17.9 Å². The van der Waals surface area contributed by atoms with Gasteiger partial charge in [-0.25, -0.2) is 0 Å². The molecule has 0 spiro atoms. The summed E-state index contributed by atoms with van der Waals surface area (Å²) in [4.78, 5) is 13.2. The van der Waals surface area contributed by atoms with E-state index in [0.29, 0.717) is 37.4 Å². The van der Waals surface area contributed by atoms with E-state index in [2.05, 4.69) is 26.0 Å². The number of hydrogen-bond donors (Lipinski definition) is 2. The van der Waals surface area contributed by atoms with Crippen LogP contribution in [0.3, 0.4) is 0 Å². The Kier molecular flexibility index (Phi) is 9.87. The third-order valence-electron chi connectivity index (χ3n) is 6.45. The summed E-state index contributed by atoms with van der Waals surface area (Å²) in [6.07, 6.45) is 11.9. The standard InChI is InChI=1S/C24H41NO4/c1-5-6-7-17(2)12-20(26)8-9-21-22-14-18(13-19(22)15-23(21)27)16-29-11-10-24(28)25(3)4/h8-9,13,17,19-23,26-27H,5-7,10-12,14-16H2,1-4H3/t17-,19-,20+,21+,22-,23+/m0/s1. The molecular weight excluding hydrogens is 366 g/mol. The monoisotopic (exact) mass is 407 g/mol. The second-order valence-corrected chi connectivity index (χ2v) is 9.26. The molecule has 2 rings (SSSR count). The molecule has 0 aromatic rings. The number of nitrogens with zero attached hydrogens (tertiary/aromatic N) is 1. The van der Waals surface area contributed by atoms with Gasteiger partial charge in [-0.1, -0.05) is 51.3 Å². The van der Waals surface area contributed by atoms with Gasteiger partial charge in [0.25, 0.3) is 0 Å². The summed E-state index contributed by atoms with van der Waals surface area (Å²) in [5, 5.41) is 20.8. The molecule has 0 aromatic heterocycles. The molecule has 2 N–H and O–H groups in total. The van der Waals surface area contributed by atoms with Crippen LogP contribution in [0.25, 0.3) is 0 Å². The number of carbonyl (C=O) groups excluding carboxylic acids is 1. The molecule has 0 aliphatic heterocycles. The van der Waals surface area contributed by atoms with Crippen molar-refractivity contribution in [1.29, 1.82) is 0 Å². The average molecular weight is 408 g/mol. The number of fused-ring (bicyclic) bond motifs is 1. The zero-order chi connectivity index (χ0) is 21.4. The van der Waals surface area contributed by atoms with Gasteiger partial charge in [0.05, 0.1) is 31.8 Å². The molecule has 2 aliphatic rings. The molecule has 0 aromatic carbocycles. The smallest absolute Gasteiger partial charge is 0.224 e. The van der Waals surface area contributed by atoms with Crippen molar-refractivity contribution in [2.24, 2.45) is 23.7 Å². The Morgan fingerprint density at radius 3 is 2.86 bits per heavy atom. The Morgan fingerprint density at radius 2 is 2.17 bits per heavy atom. The van der Waals surface area contributed by atoms with E-state index in [0.717, 1.165) is 25.7 Å². The van der Waals surface area contributed by atoms with Crippen molar-refractivity contribution >= 4 is 5.91 Å². The lowest BCUT2D eigenvalue weighted by molar-refractivity contribution is -0.129. The van der Waals surface area contributed by atoms with Crippen LogP contribution in [0.4, 0.5) is 0 Å². The fourth-order valence-electron chi connectivity index (χ4n) is 4.72. The summed E-state index contributed by atoms with van der Waals surface area (Å²) >= 11 is 0. The van der Waals surface area contributed by atoms with Gasteiger partial charge in [-0.2, -0.15) is 0 Å². The summed E-state index contributed by atoms with van der Waals surface area (Å²) in [6.45, 7) is 5.40. The molecule has 0 bridgehead atoms. The molecular formula is C24H41NO4. The van der Waals surface area contributed by atoms with E-state index in [1.165, 1.54) is 18.4 Å². The molecule has 0 heterocycles. The van der Waals surface area contributed by atoms with Crippen LogP contribution >= 0.6 is 0 Å². The first-order valence-electron chi connectivity index (χ1n) is 11.3. The predicted octanol–water partition coefficient (Wildman–Crippen LogP) is 3.56. The molecule has 5 heteroatoms. The Morgan fingerprint density at radius 1 is 1.41 bits per heavy atom. The van der Waals surface area contributed by atoms with Crippen molar-refractivity contribution in [3.8, 4) is 0 Å². The molecule has 1 saturated carbocycles. The van der Waals surface area contributed by atoms with Crippen molar-refractivity contribution < 1.29 is 19.7 Å². The summed E-state index contributed by atoms with van der Waals surface area (Å²) in [6, 6.07) is 0. The van der Waals surface area contributed by atoms with E-state index < -0.39 is 6.10 Å². The second-order valence-electron chi connectivity index (χ2n) is 9.26. The minimum absolute atomic E-state index is 0.0816. The molecule has 1 amide bonds. The van der Waals surface area contributed by atoms with Gasteiger partial charge in [-0.05, 0) is 42.6 Å². The van der Waals surface area contributed by atoms with Crippen molar-refractivity contribution in [3.63, 3.8) is 0 Å². The maximum atomic E-state index is 11.6. The lowest BCUT2D eigenvalue weighted by Crippen LogP contribution is -2.23.